The molecule has 80 heavy (non-hydrogen) atoms. The highest BCUT2D eigenvalue weighted by Crippen LogP contribution is 2.39. The molecular weight excluding hydrogens is 1060 g/mol. The molecule has 16 atom stereocenters. The van der Waals surface area contributed by atoms with Crippen molar-refractivity contribution in [1.82, 2.24) is 41.5 Å². The average Bonchev–Trinajstić information content (AvgIpc) is 4.33. The van der Waals surface area contributed by atoms with E-state index in [0.29, 0.717) is 22.3 Å². The molecule has 2 saturated heterocycles. The first-order valence-corrected chi connectivity index (χ1v) is 27.3. The van der Waals surface area contributed by atoms with E-state index >= 15 is 14.4 Å². The monoisotopic (exact) mass is 1130 g/mol. The van der Waals surface area contributed by atoms with E-state index in [1.165, 1.54) is 17.9 Å². The molecule has 2 aliphatic carbocycles. The first kappa shape index (κ1) is 59.8. The third kappa shape index (κ3) is 14.1. The first-order chi connectivity index (χ1) is 38.0. The maximum Gasteiger partial charge on any atom is 0.329 e. The van der Waals surface area contributed by atoms with Crippen LogP contribution in [0, 0.1) is 43.9 Å². The van der Waals surface area contributed by atoms with E-state index in [-0.39, 0.29) is 43.8 Å². The Kier molecular flexibility index (Phi) is 19.4. The predicted octanol–water partition coefficient (Wildman–Crippen LogP) is 3.40. The molecular formula is C55H69ClN10O14. The highest BCUT2D eigenvalue weighted by Gasteiger charge is 2.52. The lowest BCUT2D eigenvalue weighted by molar-refractivity contribution is -0.498. The van der Waals surface area contributed by atoms with Crippen LogP contribution in [0.3, 0.4) is 0 Å². The lowest BCUT2D eigenvalue weighted by Crippen LogP contribution is -2.62. The Bertz CT molecular complexity index is 2850. The molecule has 7 amide bonds. The summed E-state index contributed by atoms with van der Waals surface area (Å²) in [6.07, 6.45) is 1.86. The van der Waals surface area contributed by atoms with Gasteiger partial charge in [-0.15, -0.1) is 0 Å². The highest BCUT2D eigenvalue weighted by atomic mass is 35.5. The van der Waals surface area contributed by atoms with Crippen molar-refractivity contribution in [1.29, 1.82) is 0 Å². The molecule has 0 spiro atoms. The molecule has 24 nitrogen and oxygen atoms in total. The number of carbonyl (C=O) groups excluding carboxylic acids is 8. The molecule has 2 saturated carbocycles. The van der Waals surface area contributed by atoms with Crippen molar-refractivity contribution in [3.63, 3.8) is 0 Å². The molecule has 0 radical (unpaired) electrons. The minimum atomic E-state index is -1.93. The number of esters is 1. The van der Waals surface area contributed by atoms with Crippen molar-refractivity contribution < 1.29 is 58.1 Å². The van der Waals surface area contributed by atoms with Gasteiger partial charge in [0.25, 0.3) is 5.91 Å². The summed E-state index contributed by atoms with van der Waals surface area (Å²) in [5.74, 6) is -11.6. The second kappa shape index (κ2) is 25.9. The number of cyclic esters (lactones) is 1. The van der Waals surface area contributed by atoms with E-state index < -0.39 is 159 Å². The van der Waals surface area contributed by atoms with Crippen molar-refractivity contribution in [2.24, 2.45) is 23.7 Å². The molecule has 2 aliphatic heterocycles. The van der Waals surface area contributed by atoms with Crippen molar-refractivity contribution in [2.45, 2.75) is 152 Å². The fourth-order valence-electron chi connectivity index (χ4n) is 10.7. The van der Waals surface area contributed by atoms with Crippen molar-refractivity contribution in [2.75, 3.05) is 6.54 Å². The second-order valence-corrected chi connectivity index (χ2v) is 21.9. The summed E-state index contributed by atoms with van der Waals surface area (Å²) < 4.78 is 6.43. The number of hydrogen-bond donors (Lipinski definition) is 7. The molecule has 2 aromatic carbocycles. The van der Waals surface area contributed by atoms with Gasteiger partial charge in [-0.1, -0.05) is 119 Å². The SMILES string of the molecule is C/C=C\[C@H]1C[C@H]2C(=O)O[C@H](C)[C@@H](NC(=O)C(C[C@@H]3C[C@H]3[N+](=O)[O-])NC(=O)c3ccc(Cl)n3O)C(=O)NC([C@H](C)c3ccccc3)C(=O)N[C@H](C[C@@H]3C[C@H]3[N+](=O)[O-])C(=O)N[C@@H]([C@H](C)c3ccccc3)C(=O)N[C@@H]([C@H](C)CC)C(=O)N2C1. The van der Waals surface area contributed by atoms with Gasteiger partial charge in [-0.25, -0.2) is 4.79 Å². The number of hydrogen-bond acceptors (Lipinski definition) is 14. The van der Waals surface area contributed by atoms with Gasteiger partial charge in [-0.3, -0.25) is 53.8 Å². The van der Waals surface area contributed by atoms with Gasteiger partial charge in [-0.05, 0) is 68.2 Å². The number of halogens is 1. The molecule has 7 N–H and O–H groups in total. The Morgan fingerprint density at radius 1 is 0.787 bits per heavy atom. The zero-order valence-electron chi connectivity index (χ0n) is 45.2. The Labute approximate surface area is 466 Å². The van der Waals surface area contributed by atoms with Gasteiger partial charge in [0, 0.05) is 52.9 Å². The number of fused-ring (bicyclic) bond motifs is 1. The van der Waals surface area contributed by atoms with E-state index in [4.69, 9.17) is 16.3 Å². The summed E-state index contributed by atoms with van der Waals surface area (Å²) in [5, 5.41) is 50.1. The lowest BCUT2D eigenvalue weighted by Gasteiger charge is -2.34. The Hall–Kier alpha value is -7.89. The summed E-state index contributed by atoms with van der Waals surface area (Å²) >= 11 is 5.98. The fourth-order valence-corrected chi connectivity index (χ4v) is 10.8. The molecule has 1 aromatic heterocycles. The second-order valence-electron chi connectivity index (χ2n) is 21.5. The largest absolute Gasteiger partial charge is 0.458 e. The fraction of sp³-hybridized carbons (Fsp3) is 0.527. The Balaban J connectivity index is 1.33. The number of aromatic nitrogens is 1. The minimum absolute atomic E-state index is 0.00168. The predicted molar refractivity (Wildman–Crippen MR) is 288 cm³/mol. The number of allylic oxidation sites excluding steroid dienone is 1. The molecule has 4 aliphatic rings. The van der Waals surface area contributed by atoms with E-state index in [1.807, 2.05) is 0 Å². The third-order valence-electron chi connectivity index (χ3n) is 16.0. The smallest absolute Gasteiger partial charge is 0.329 e. The maximum atomic E-state index is 15.2. The van der Waals surface area contributed by atoms with Crippen LogP contribution >= 0.6 is 11.6 Å². The van der Waals surface area contributed by atoms with E-state index in [2.05, 4.69) is 31.9 Å². The van der Waals surface area contributed by atoms with Crippen LogP contribution in [0.15, 0.2) is 84.9 Å². The Morgan fingerprint density at radius 2 is 1.34 bits per heavy atom. The molecule has 4 fully saturated rings. The third-order valence-corrected chi connectivity index (χ3v) is 16.3. The number of carbonyl (C=O) groups is 8. The van der Waals surface area contributed by atoms with Crippen LogP contribution < -0.4 is 31.9 Å². The van der Waals surface area contributed by atoms with Gasteiger partial charge in [-0.2, -0.15) is 4.73 Å². The number of benzene rings is 2. The molecule has 7 rings (SSSR count). The molecule has 430 valence electrons. The van der Waals surface area contributed by atoms with E-state index in [1.54, 1.807) is 107 Å². The summed E-state index contributed by atoms with van der Waals surface area (Å²) in [5.41, 5.74) is 0.721. The normalized spacial score (nSPS) is 29.1. The number of nitro groups is 2. The highest BCUT2D eigenvalue weighted by molar-refractivity contribution is 6.30. The van der Waals surface area contributed by atoms with Crippen LogP contribution in [-0.4, -0.2) is 139 Å². The number of amides is 7. The van der Waals surface area contributed by atoms with Crippen LogP contribution in [0.5, 0.6) is 0 Å². The maximum absolute atomic E-state index is 15.2. The summed E-state index contributed by atoms with van der Waals surface area (Å²) in [7, 11) is 0. The molecule has 0 bridgehead atoms. The summed E-state index contributed by atoms with van der Waals surface area (Å²) in [4.78, 5) is 142. The topological polar surface area (TPSA) is 333 Å². The number of ether oxygens (including phenoxy) is 1. The lowest BCUT2D eigenvalue weighted by atomic mass is 9.90. The number of nitrogens with one attached hydrogen (secondary N) is 6. The molecule has 2 unspecified atom stereocenters. The van der Waals surface area contributed by atoms with Crippen LogP contribution in [0.2, 0.25) is 5.15 Å². The van der Waals surface area contributed by atoms with Crippen molar-refractivity contribution >= 4 is 58.9 Å². The molecule has 3 heterocycles. The first-order valence-electron chi connectivity index (χ1n) is 26.9. The number of rotatable bonds is 17. The minimum Gasteiger partial charge on any atom is -0.458 e. The molecule has 3 aromatic rings. The van der Waals surface area contributed by atoms with Gasteiger partial charge < -0.3 is 46.7 Å². The average molecular weight is 1130 g/mol. The van der Waals surface area contributed by atoms with Crippen LogP contribution in [0.1, 0.15) is 114 Å². The van der Waals surface area contributed by atoms with Gasteiger partial charge in [0.15, 0.2) is 0 Å². The van der Waals surface area contributed by atoms with Gasteiger partial charge in [0.05, 0.1) is 0 Å². The van der Waals surface area contributed by atoms with E-state index in [9.17, 15) is 49.4 Å². The van der Waals surface area contributed by atoms with Crippen molar-refractivity contribution in [3.8, 4) is 0 Å². The van der Waals surface area contributed by atoms with Gasteiger partial charge in [0.1, 0.15) is 59.2 Å². The van der Waals surface area contributed by atoms with Gasteiger partial charge >= 0.3 is 5.97 Å². The van der Waals surface area contributed by atoms with E-state index in [0.717, 1.165) is 6.07 Å². The zero-order chi connectivity index (χ0) is 58.3. The summed E-state index contributed by atoms with van der Waals surface area (Å²) in [6.45, 7) is 9.88. The van der Waals surface area contributed by atoms with Crippen molar-refractivity contribution in [3.05, 3.63) is 127 Å². The van der Waals surface area contributed by atoms with Crippen LogP contribution in [0.4, 0.5) is 0 Å². The Morgan fingerprint density at radius 3 is 1.86 bits per heavy atom. The van der Waals surface area contributed by atoms with Crippen LogP contribution in [-0.2, 0) is 38.3 Å². The standard InChI is InChI=1S/C55H69ClN10O14/c1-7-15-32-22-42-55(74)80-31(6)47(62-49(68)37(23-35-25-40(35)65(76)77)57-50(69)39-20-21-43(56)64(39)75)53(72)61-45(29(4)33-16-11-9-12-17-33)51(70)58-38(24-36-26-41(36)66(78)79)48(67)60-46(30(5)34-18-13-10-14-19-34)52(71)59-44(28(3)8-2)54(73)63(42)27-32/h7,9-21,28-32,35-38,40-42,44-47,75H,8,22-27H2,1-6H3,(H,57,69)(H,58,70)(H,59,71)(H,60,67)(H,61,72)(H,62,68)/b15-7-/t28-,29-,30-,31-,32+,35-,36-,37?,38-,40-,41-,42+,44+,45?,46+,47-/m1/s1. The molecule has 25 heteroatoms. The quantitative estimate of drug-likeness (QED) is 0.0335. The van der Waals surface area contributed by atoms with Gasteiger partial charge in [0.2, 0.25) is 47.5 Å². The van der Waals surface area contributed by atoms with Crippen LogP contribution in [0.25, 0.3) is 0 Å². The number of nitrogens with zero attached hydrogens (tertiary/aromatic N) is 4. The summed E-state index contributed by atoms with van der Waals surface area (Å²) in [6, 6.07) is 6.69. The zero-order valence-corrected chi connectivity index (χ0v) is 45.9.